The zero-order valence-corrected chi connectivity index (χ0v) is 26.2. The van der Waals surface area contributed by atoms with E-state index in [0.29, 0.717) is 24.0 Å². The van der Waals surface area contributed by atoms with E-state index in [4.69, 9.17) is 0 Å². The summed E-state index contributed by atoms with van der Waals surface area (Å²) < 4.78 is 42.6. The van der Waals surface area contributed by atoms with Crippen molar-refractivity contribution in [1.82, 2.24) is 20.1 Å². The van der Waals surface area contributed by atoms with Gasteiger partial charge < -0.3 is 15.0 Å². The van der Waals surface area contributed by atoms with Crippen LogP contribution in [0.2, 0.25) is 0 Å². The van der Waals surface area contributed by atoms with Crippen molar-refractivity contribution < 1.29 is 22.7 Å². The molecule has 4 aromatic rings. The Hall–Kier alpha value is -4.32. The van der Waals surface area contributed by atoms with Gasteiger partial charge >= 0.3 is 12.4 Å². The molecule has 0 unspecified atom stereocenters. The molecule has 1 saturated heterocycles. The minimum atomic E-state index is -4.74. The molecule has 8 nitrogen and oxygen atoms in total. The Kier molecular flexibility index (Phi) is 10.1. The summed E-state index contributed by atoms with van der Waals surface area (Å²) in [4.78, 5) is 23.5. The lowest BCUT2D eigenvalue weighted by atomic mass is 9.99. The number of halogens is 3. The van der Waals surface area contributed by atoms with Gasteiger partial charge in [0.2, 0.25) is 0 Å². The molecule has 0 radical (unpaired) electrons. The first-order chi connectivity index (χ1) is 21.6. The number of urea groups is 1. The van der Waals surface area contributed by atoms with E-state index >= 15 is 0 Å². The SMILES string of the molecule is Cc1ccc(C(C)C)c(N2CCSC2=NC(=O)NCCCCc2ccc(-c3ncn(-c4ccc(OC(F)(F)F)cc4)n3)cc2)c1. The normalized spacial score (nSPS) is 14.4. The number of carbonyl (C=O) groups is 1. The fourth-order valence-corrected chi connectivity index (χ4v) is 5.96. The van der Waals surface area contributed by atoms with E-state index in [1.807, 2.05) is 24.3 Å². The number of amidine groups is 1. The van der Waals surface area contributed by atoms with Gasteiger partial charge in [-0.25, -0.2) is 14.5 Å². The van der Waals surface area contributed by atoms with Crippen LogP contribution in [0.25, 0.3) is 17.1 Å². The summed E-state index contributed by atoms with van der Waals surface area (Å²) in [6.45, 7) is 7.81. The van der Waals surface area contributed by atoms with Gasteiger partial charge in [-0.1, -0.05) is 62.0 Å². The Bertz CT molecular complexity index is 1640. The lowest BCUT2D eigenvalue weighted by molar-refractivity contribution is -0.274. The summed E-state index contributed by atoms with van der Waals surface area (Å²) in [6.07, 6.45) is -0.649. The molecule has 0 saturated carbocycles. The third-order valence-corrected chi connectivity index (χ3v) is 8.24. The van der Waals surface area contributed by atoms with Crippen molar-refractivity contribution in [3.63, 3.8) is 0 Å². The van der Waals surface area contributed by atoms with E-state index in [9.17, 15) is 18.0 Å². The van der Waals surface area contributed by atoms with Crippen molar-refractivity contribution in [1.29, 1.82) is 0 Å². The van der Waals surface area contributed by atoms with Gasteiger partial charge in [-0.3, -0.25) is 0 Å². The molecule has 0 spiro atoms. The summed E-state index contributed by atoms with van der Waals surface area (Å²) in [5.74, 6) is 1.47. The molecular formula is C33H35F3N6O2S. The number of amides is 2. The van der Waals surface area contributed by atoms with Crippen LogP contribution in [0.5, 0.6) is 5.75 Å². The number of thioether (sulfide) groups is 1. The largest absolute Gasteiger partial charge is 0.573 e. The Morgan fingerprint density at radius 2 is 1.82 bits per heavy atom. The highest BCUT2D eigenvalue weighted by Crippen LogP contribution is 2.33. The fraction of sp³-hybridized carbons (Fsp3) is 0.333. The van der Waals surface area contributed by atoms with Crippen LogP contribution in [0.4, 0.5) is 23.7 Å². The summed E-state index contributed by atoms with van der Waals surface area (Å²) in [5, 5.41) is 8.13. The Balaban J connectivity index is 1.08. The standard InChI is InChI=1S/C33H35F3N6O2S/c1-22(2)28-16-7-23(3)20-29(28)41-18-19-45-32(41)39-31(43)37-17-5-4-6-24-8-10-25(11-9-24)30-38-21-42(40-30)26-12-14-27(15-13-26)44-33(34,35)36/h7-16,20-22H,4-6,17-19H2,1-3H3,(H,37,43). The minimum Gasteiger partial charge on any atom is -0.406 e. The van der Waals surface area contributed by atoms with E-state index in [0.717, 1.165) is 53.5 Å². The van der Waals surface area contributed by atoms with Crippen LogP contribution in [0.1, 0.15) is 49.3 Å². The van der Waals surface area contributed by atoms with E-state index in [-0.39, 0.29) is 11.8 Å². The molecule has 0 bridgehead atoms. The number of anilines is 1. The molecule has 236 valence electrons. The van der Waals surface area contributed by atoms with E-state index in [1.54, 1.807) is 11.8 Å². The number of rotatable bonds is 10. The fourth-order valence-electron chi connectivity index (χ4n) is 5.01. The second kappa shape index (κ2) is 14.2. The number of carbonyl (C=O) groups excluding carboxylic acids is 1. The van der Waals surface area contributed by atoms with Gasteiger partial charge in [-0.2, -0.15) is 4.99 Å². The number of alkyl halides is 3. The van der Waals surface area contributed by atoms with Crippen LogP contribution < -0.4 is 15.0 Å². The van der Waals surface area contributed by atoms with Crippen molar-refractivity contribution >= 4 is 28.6 Å². The lowest BCUT2D eigenvalue weighted by Crippen LogP contribution is -2.29. The minimum absolute atomic E-state index is 0.299. The molecule has 5 rings (SSSR count). The average Bonchev–Trinajstić information content (AvgIpc) is 3.67. The molecule has 1 aliphatic heterocycles. The van der Waals surface area contributed by atoms with Crippen molar-refractivity contribution in [2.24, 2.45) is 4.99 Å². The Morgan fingerprint density at radius 1 is 1.07 bits per heavy atom. The Morgan fingerprint density at radius 3 is 2.53 bits per heavy atom. The third-order valence-electron chi connectivity index (χ3n) is 7.28. The number of benzene rings is 3. The Labute approximate surface area is 264 Å². The van der Waals surface area contributed by atoms with Crippen molar-refractivity contribution in [2.45, 2.75) is 52.3 Å². The number of hydrogen-bond acceptors (Lipinski definition) is 5. The van der Waals surface area contributed by atoms with Crippen molar-refractivity contribution in [2.75, 3.05) is 23.7 Å². The molecule has 1 aromatic heterocycles. The summed E-state index contributed by atoms with van der Waals surface area (Å²) in [7, 11) is 0. The van der Waals surface area contributed by atoms with Gasteiger partial charge in [0.05, 0.1) is 5.69 Å². The van der Waals surface area contributed by atoms with E-state index < -0.39 is 6.36 Å². The first-order valence-electron chi connectivity index (χ1n) is 14.8. The maximum atomic E-state index is 12.6. The van der Waals surface area contributed by atoms with Gasteiger partial charge in [0.1, 0.15) is 12.1 Å². The van der Waals surface area contributed by atoms with Crippen LogP contribution in [0.3, 0.4) is 0 Å². The first-order valence-corrected chi connectivity index (χ1v) is 15.8. The molecule has 1 aliphatic rings. The number of hydrogen-bond donors (Lipinski definition) is 1. The zero-order chi connectivity index (χ0) is 32.0. The monoisotopic (exact) mass is 636 g/mol. The summed E-state index contributed by atoms with van der Waals surface area (Å²) in [6, 6.07) is 19.5. The van der Waals surface area contributed by atoms with E-state index in [1.165, 1.54) is 46.4 Å². The average molecular weight is 637 g/mol. The highest BCUT2D eigenvalue weighted by Gasteiger charge is 2.31. The molecule has 0 atom stereocenters. The third kappa shape index (κ3) is 8.65. The smallest absolute Gasteiger partial charge is 0.406 e. The quantitative estimate of drug-likeness (QED) is 0.178. The van der Waals surface area contributed by atoms with Gasteiger partial charge in [-0.05, 0) is 79.1 Å². The van der Waals surface area contributed by atoms with E-state index in [2.05, 4.69) is 69.0 Å². The van der Waals surface area contributed by atoms with Gasteiger partial charge in [0.15, 0.2) is 11.0 Å². The maximum absolute atomic E-state index is 12.6. The van der Waals surface area contributed by atoms with Crippen LogP contribution in [-0.2, 0) is 6.42 Å². The zero-order valence-electron chi connectivity index (χ0n) is 25.3. The highest BCUT2D eigenvalue weighted by molar-refractivity contribution is 8.14. The number of aryl methyl sites for hydroxylation is 2. The second-order valence-corrected chi connectivity index (χ2v) is 12.1. The summed E-state index contributed by atoms with van der Waals surface area (Å²) in [5.41, 5.74) is 6.10. The second-order valence-electron chi connectivity index (χ2n) is 11.1. The topological polar surface area (TPSA) is 84.6 Å². The number of aliphatic imine (C=N–C) groups is 1. The molecular weight excluding hydrogens is 601 g/mol. The van der Waals surface area contributed by atoms with Gasteiger partial charge in [0.25, 0.3) is 0 Å². The number of nitrogens with one attached hydrogen (secondary N) is 1. The number of nitrogens with zero attached hydrogens (tertiary/aromatic N) is 5. The molecule has 12 heteroatoms. The van der Waals surface area contributed by atoms with Gasteiger partial charge in [-0.15, -0.1) is 18.3 Å². The van der Waals surface area contributed by atoms with Gasteiger partial charge in [0, 0.05) is 30.1 Å². The van der Waals surface area contributed by atoms with Crippen molar-refractivity contribution in [3.8, 4) is 22.8 Å². The maximum Gasteiger partial charge on any atom is 0.573 e. The molecule has 45 heavy (non-hydrogen) atoms. The number of ether oxygens (including phenoxy) is 1. The van der Waals surface area contributed by atoms with Crippen LogP contribution in [-0.4, -0.2) is 51.2 Å². The molecule has 1 N–H and O–H groups in total. The number of aromatic nitrogens is 3. The predicted octanol–water partition coefficient (Wildman–Crippen LogP) is 7.91. The van der Waals surface area contributed by atoms with Crippen LogP contribution >= 0.6 is 11.8 Å². The molecule has 0 aliphatic carbocycles. The highest BCUT2D eigenvalue weighted by atomic mass is 32.2. The number of unbranched alkanes of at least 4 members (excludes halogenated alkanes) is 1. The molecule has 1 fully saturated rings. The molecule has 2 amide bonds. The lowest BCUT2D eigenvalue weighted by Gasteiger charge is -2.23. The van der Waals surface area contributed by atoms with Crippen LogP contribution in [0.15, 0.2) is 78.0 Å². The summed E-state index contributed by atoms with van der Waals surface area (Å²) >= 11 is 1.61. The molecule has 2 heterocycles. The predicted molar refractivity (Wildman–Crippen MR) is 172 cm³/mol. The molecule has 3 aromatic carbocycles. The van der Waals surface area contributed by atoms with Crippen LogP contribution in [0, 0.1) is 6.92 Å². The van der Waals surface area contributed by atoms with Crippen molar-refractivity contribution in [3.05, 3.63) is 89.7 Å². The first kappa shape index (κ1) is 32.1.